The second kappa shape index (κ2) is 8.70. The summed E-state index contributed by atoms with van der Waals surface area (Å²) in [5.74, 6) is 0.246. The molecule has 0 fully saturated rings. The first-order chi connectivity index (χ1) is 13.2. The van der Waals surface area contributed by atoms with Gasteiger partial charge in [0, 0.05) is 23.8 Å². The smallest absolute Gasteiger partial charge is 0.334 e. The van der Waals surface area contributed by atoms with Crippen molar-refractivity contribution in [1.29, 1.82) is 0 Å². The predicted molar refractivity (Wildman–Crippen MR) is 105 cm³/mol. The highest BCUT2D eigenvalue weighted by Gasteiger charge is 2.23. The van der Waals surface area contributed by atoms with Crippen LogP contribution in [0.25, 0.3) is 0 Å². The standard InChI is InChI=1S/C19H20N6O2/c1-2-3-4-14-5-7-15(8-6-14)23-18-17(25(26)27)19(22-13-21-18)24-16-9-11-20-12-10-16/h5-13H,2-4H2,1H3,(H2,20,21,22,23,24). The topological polar surface area (TPSA) is 106 Å². The van der Waals surface area contributed by atoms with Gasteiger partial charge >= 0.3 is 5.69 Å². The van der Waals surface area contributed by atoms with Crippen molar-refractivity contribution in [3.05, 3.63) is 70.8 Å². The molecule has 0 amide bonds. The molecule has 0 saturated heterocycles. The number of hydrogen-bond donors (Lipinski definition) is 2. The zero-order valence-electron chi connectivity index (χ0n) is 14.9. The minimum Gasteiger partial charge on any atom is -0.334 e. The van der Waals surface area contributed by atoms with Gasteiger partial charge in [-0.05, 0) is 42.7 Å². The van der Waals surface area contributed by atoms with Crippen molar-refractivity contribution in [2.75, 3.05) is 10.6 Å². The van der Waals surface area contributed by atoms with E-state index in [1.165, 1.54) is 11.9 Å². The molecular weight excluding hydrogens is 344 g/mol. The summed E-state index contributed by atoms with van der Waals surface area (Å²) in [5, 5.41) is 17.6. The fraction of sp³-hybridized carbons (Fsp3) is 0.211. The number of nitrogens with zero attached hydrogens (tertiary/aromatic N) is 4. The molecule has 138 valence electrons. The molecule has 2 heterocycles. The number of aromatic nitrogens is 3. The van der Waals surface area contributed by atoms with Crippen LogP contribution < -0.4 is 10.6 Å². The fourth-order valence-corrected chi connectivity index (χ4v) is 2.58. The summed E-state index contributed by atoms with van der Waals surface area (Å²) in [6.07, 6.45) is 7.76. The van der Waals surface area contributed by atoms with Crippen LogP contribution in [0.4, 0.5) is 28.7 Å². The first-order valence-corrected chi connectivity index (χ1v) is 8.69. The fourth-order valence-electron chi connectivity index (χ4n) is 2.58. The third kappa shape index (κ3) is 4.75. The zero-order chi connectivity index (χ0) is 19.1. The molecule has 8 heteroatoms. The quantitative estimate of drug-likeness (QED) is 0.444. The Morgan fingerprint density at radius 3 is 2.11 bits per heavy atom. The zero-order valence-corrected chi connectivity index (χ0v) is 14.9. The molecule has 0 bridgehead atoms. The van der Waals surface area contributed by atoms with Crippen LogP contribution in [0.5, 0.6) is 0 Å². The average Bonchev–Trinajstić information content (AvgIpc) is 2.68. The van der Waals surface area contributed by atoms with Crippen LogP contribution >= 0.6 is 0 Å². The van der Waals surface area contributed by atoms with Gasteiger partial charge in [0.2, 0.25) is 11.6 Å². The second-order valence-corrected chi connectivity index (χ2v) is 5.96. The molecule has 2 N–H and O–H groups in total. The lowest BCUT2D eigenvalue weighted by Crippen LogP contribution is -2.05. The predicted octanol–water partition coefficient (Wildman–Crippen LogP) is 4.61. The molecule has 0 aliphatic carbocycles. The summed E-state index contributed by atoms with van der Waals surface area (Å²) in [5.41, 5.74) is 2.40. The highest BCUT2D eigenvalue weighted by atomic mass is 16.6. The minimum atomic E-state index is -0.499. The van der Waals surface area contributed by atoms with Gasteiger partial charge in [-0.25, -0.2) is 9.97 Å². The van der Waals surface area contributed by atoms with Crippen molar-refractivity contribution >= 4 is 28.7 Å². The van der Waals surface area contributed by atoms with E-state index in [0.29, 0.717) is 5.69 Å². The van der Waals surface area contributed by atoms with Crippen LogP contribution in [0.1, 0.15) is 25.3 Å². The third-order valence-electron chi connectivity index (χ3n) is 3.98. The number of aryl methyl sites for hydroxylation is 1. The number of anilines is 4. The molecule has 0 saturated carbocycles. The third-order valence-corrected chi connectivity index (χ3v) is 3.98. The summed E-state index contributed by atoms with van der Waals surface area (Å²) < 4.78 is 0. The molecule has 0 spiro atoms. The van der Waals surface area contributed by atoms with E-state index in [-0.39, 0.29) is 17.3 Å². The highest BCUT2D eigenvalue weighted by Crippen LogP contribution is 2.32. The summed E-state index contributed by atoms with van der Waals surface area (Å²) in [6.45, 7) is 2.15. The van der Waals surface area contributed by atoms with Crippen molar-refractivity contribution in [1.82, 2.24) is 15.0 Å². The molecule has 27 heavy (non-hydrogen) atoms. The van der Waals surface area contributed by atoms with E-state index in [4.69, 9.17) is 0 Å². The number of hydrogen-bond acceptors (Lipinski definition) is 7. The Kier molecular flexibility index (Phi) is 5.88. The lowest BCUT2D eigenvalue weighted by molar-refractivity contribution is -0.383. The van der Waals surface area contributed by atoms with Gasteiger partial charge in [0.15, 0.2) is 0 Å². The van der Waals surface area contributed by atoms with Crippen LogP contribution in [-0.4, -0.2) is 19.9 Å². The van der Waals surface area contributed by atoms with E-state index < -0.39 is 4.92 Å². The molecule has 3 aromatic rings. The Bertz CT molecular complexity index is 900. The van der Waals surface area contributed by atoms with E-state index >= 15 is 0 Å². The Balaban J connectivity index is 1.84. The first-order valence-electron chi connectivity index (χ1n) is 8.69. The first kappa shape index (κ1) is 18.2. The van der Waals surface area contributed by atoms with E-state index in [9.17, 15) is 10.1 Å². The maximum absolute atomic E-state index is 11.6. The van der Waals surface area contributed by atoms with Crippen LogP contribution in [-0.2, 0) is 6.42 Å². The Morgan fingerprint density at radius 1 is 0.963 bits per heavy atom. The lowest BCUT2D eigenvalue weighted by Gasteiger charge is -2.10. The molecule has 1 aromatic carbocycles. The number of unbranched alkanes of at least 4 members (excludes halogenated alkanes) is 1. The van der Waals surface area contributed by atoms with Crippen molar-refractivity contribution < 1.29 is 4.92 Å². The molecule has 2 aromatic heterocycles. The molecular formula is C19H20N6O2. The Labute approximate surface area is 156 Å². The highest BCUT2D eigenvalue weighted by molar-refractivity contribution is 5.76. The number of nitrogens with one attached hydrogen (secondary N) is 2. The van der Waals surface area contributed by atoms with Gasteiger partial charge < -0.3 is 10.6 Å². The number of rotatable bonds is 8. The maximum Gasteiger partial charge on any atom is 0.353 e. The molecule has 0 unspecified atom stereocenters. The average molecular weight is 364 g/mol. The van der Waals surface area contributed by atoms with Crippen LogP contribution in [0.2, 0.25) is 0 Å². The van der Waals surface area contributed by atoms with Crippen molar-refractivity contribution in [3.8, 4) is 0 Å². The number of benzene rings is 1. The van der Waals surface area contributed by atoms with Gasteiger partial charge in [-0.15, -0.1) is 0 Å². The van der Waals surface area contributed by atoms with Gasteiger partial charge in [0.1, 0.15) is 6.33 Å². The molecule has 0 radical (unpaired) electrons. The van der Waals surface area contributed by atoms with Crippen LogP contribution in [0.15, 0.2) is 55.1 Å². The van der Waals surface area contributed by atoms with Crippen molar-refractivity contribution in [3.63, 3.8) is 0 Å². The summed E-state index contributed by atoms with van der Waals surface area (Å²) >= 11 is 0. The molecule has 8 nitrogen and oxygen atoms in total. The van der Waals surface area contributed by atoms with Crippen molar-refractivity contribution in [2.24, 2.45) is 0 Å². The molecule has 3 rings (SSSR count). The second-order valence-electron chi connectivity index (χ2n) is 5.96. The van der Waals surface area contributed by atoms with Gasteiger partial charge in [-0.3, -0.25) is 15.1 Å². The van der Waals surface area contributed by atoms with Crippen LogP contribution in [0.3, 0.4) is 0 Å². The summed E-state index contributed by atoms with van der Waals surface area (Å²) in [6, 6.07) is 11.2. The summed E-state index contributed by atoms with van der Waals surface area (Å²) in [7, 11) is 0. The number of nitro groups is 1. The molecule has 0 aliphatic rings. The molecule has 0 atom stereocenters. The van der Waals surface area contributed by atoms with E-state index in [1.807, 2.05) is 24.3 Å². The maximum atomic E-state index is 11.6. The SMILES string of the molecule is CCCCc1ccc(Nc2ncnc(Nc3ccncc3)c2[N+](=O)[O-])cc1. The van der Waals surface area contributed by atoms with E-state index in [1.54, 1.807) is 24.5 Å². The van der Waals surface area contributed by atoms with Crippen molar-refractivity contribution in [2.45, 2.75) is 26.2 Å². The minimum absolute atomic E-state index is 0.114. The number of pyridine rings is 1. The van der Waals surface area contributed by atoms with Gasteiger partial charge in [-0.1, -0.05) is 25.5 Å². The normalized spacial score (nSPS) is 10.4. The molecule has 0 aliphatic heterocycles. The van der Waals surface area contributed by atoms with E-state index in [0.717, 1.165) is 24.9 Å². The largest absolute Gasteiger partial charge is 0.353 e. The van der Waals surface area contributed by atoms with Crippen LogP contribution in [0, 0.1) is 10.1 Å². The Hall–Kier alpha value is -3.55. The van der Waals surface area contributed by atoms with Gasteiger partial charge in [0.25, 0.3) is 0 Å². The van der Waals surface area contributed by atoms with Gasteiger partial charge in [0.05, 0.1) is 4.92 Å². The van der Waals surface area contributed by atoms with Gasteiger partial charge in [-0.2, -0.15) is 0 Å². The summed E-state index contributed by atoms with van der Waals surface area (Å²) in [4.78, 5) is 23.1. The Morgan fingerprint density at radius 2 is 1.56 bits per heavy atom. The monoisotopic (exact) mass is 364 g/mol. The van der Waals surface area contributed by atoms with E-state index in [2.05, 4.69) is 32.5 Å². The lowest BCUT2D eigenvalue weighted by atomic mass is 10.1.